The van der Waals surface area contributed by atoms with E-state index in [4.69, 9.17) is 16.6 Å². The van der Waals surface area contributed by atoms with Gasteiger partial charge < -0.3 is 0 Å². The molecule has 27 heavy (non-hydrogen) atoms. The van der Waals surface area contributed by atoms with Crippen molar-refractivity contribution in [3.05, 3.63) is 70.9 Å². The number of hydrogen-bond acceptors (Lipinski definition) is 3. The number of thioether (sulfide) groups is 2. The van der Waals surface area contributed by atoms with Crippen molar-refractivity contribution in [1.29, 1.82) is 0 Å². The molecular formula is C22H23ClFNS2. The zero-order valence-electron chi connectivity index (χ0n) is 15.1. The van der Waals surface area contributed by atoms with Gasteiger partial charge in [0, 0.05) is 15.7 Å². The van der Waals surface area contributed by atoms with Crippen molar-refractivity contribution >= 4 is 45.9 Å². The minimum absolute atomic E-state index is 0.213. The molecule has 5 heteroatoms. The van der Waals surface area contributed by atoms with Crippen molar-refractivity contribution in [3.63, 3.8) is 0 Å². The van der Waals surface area contributed by atoms with Crippen LogP contribution in [-0.4, -0.2) is 10.8 Å². The summed E-state index contributed by atoms with van der Waals surface area (Å²) in [4.78, 5) is 5.79. The maximum absolute atomic E-state index is 13.0. The van der Waals surface area contributed by atoms with E-state index in [1.165, 1.54) is 44.2 Å². The molecule has 1 fully saturated rings. The average Bonchev–Trinajstić information content (AvgIpc) is 2.68. The van der Waals surface area contributed by atoms with Gasteiger partial charge in [0.25, 0.3) is 0 Å². The largest absolute Gasteiger partial charge is 0.242 e. The van der Waals surface area contributed by atoms with Crippen LogP contribution in [0.15, 0.2) is 69.9 Å². The van der Waals surface area contributed by atoms with Gasteiger partial charge >= 0.3 is 0 Å². The smallest absolute Gasteiger partial charge is 0.123 e. The lowest BCUT2D eigenvalue weighted by Gasteiger charge is -2.20. The van der Waals surface area contributed by atoms with Gasteiger partial charge in [-0.2, -0.15) is 0 Å². The molecule has 0 radical (unpaired) electrons. The molecule has 2 aromatic carbocycles. The number of benzene rings is 2. The lowest BCUT2D eigenvalue weighted by atomic mass is 9.91. The second-order valence-electron chi connectivity index (χ2n) is 6.62. The molecule has 0 aliphatic heterocycles. The van der Waals surface area contributed by atoms with Crippen molar-refractivity contribution in [1.82, 2.24) is 0 Å². The highest BCUT2D eigenvalue weighted by Crippen LogP contribution is 2.29. The molecule has 142 valence electrons. The minimum Gasteiger partial charge on any atom is -0.242 e. The van der Waals surface area contributed by atoms with E-state index in [2.05, 4.69) is 0 Å². The van der Waals surface area contributed by atoms with Crippen LogP contribution in [0.3, 0.4) is 0 Å². The predicted molar refractivity (Wildman–Crippen MR) is 119 cm³/mol. The van der Waals surface area contributed by atoms with E-state index < -0.39 is 0 Å². The summed E-state index contributed by atoms with van der Waals surface area (Å²) in [6.45, 7) is 0. The van der Waals surface area contributed by atoms with Gasteiger partial charge in [0.15, 0.2) is 0 Å². The maximum atomic E-state index is 13.0. The number of hydrogen-bond donors (Lipinski definition) is 0. The number of aliphatic imine (C=N–C) groups is 1. The van der Waals surface area contributed by atoms with Crippen LogP contribution in [0.25, 0.3) is 0 Å². The third kappa shape index (κ3) is 7.36. The van der Waals surface area contributed by atoms with Gasteiger partial charge in [-0.3, -0.25) is 0 Å². The van der Waals surface area contributed by atoms with E-state index in [0.29, 0.717) is 5.02 Å². The van der Waals surface area contributed by atoms with Crippen molar-refractivity contribution in [2.75, 3.05) is 5.75 Å². The predicted octanol–water partition coefficient (Wildman–Crippen LogP) is 8.13. The summed E-state index contributed by atoms with van der Waals surface area (Å²) in [5.74, 6) is 1.67. The van der Waals surface area contributed by atoms with Crippen LogP contribution < -0.4 is 0 Å². The molecule has 0 N–H and O–H groups in total. The first kappa shape index (κ1) is 20.5. The van der Waals surface area contributed by atoms with Crippen LogP contribution in [0.1, 0.15) is 32.1 Å². The summed E-state index contributed by atoms with van der Waals surface area (Å²) >= 11 is 9.47. The Kier molecular flexibility index (Phi) is 8.31. The summed E-state index contributed by atoms with van der Waals surface area (Å²) < 4.78 is 13.0. The highest BCUT2D eigenvalue weighted by molar-refractivity contribution is 8.14. The molecule has 0 atom stereocenters. The Morgan fingerprint density at radius 3 is 2.63 bits per heavy atom. The lowest BCUT2D eigenvalue weighted by molar-refractivity contribution is 0.391. The zero-order chi connectivity index (χ0) is 18.9. The molecule has 1 nitrogen and oxygen atoms in total. The monoisotopic (exact) mass is 419 g/mol. The Bertz CT molecular complexity index is 783. The SMILES string of the molecule is Fc1ccc(S/C=C/C(=Nc2cccc(Cl)c2)SCC2CCCCC2)cc1. The van der Waals surface area contributed by atoms with Crippen LogP contribution in [0, 0.1) is 11.7 Å². The first-order valence-corrected chi connectivity index (χ1v) is 11.5. The molecule has 0 aromatic heterocycles. The summed E-state index contributed by atoms with van der Waals surface area (Å²) in [5.41, 5.74) is 0.866. The highest BCUT2D eigenvalue weighted by Gasteiger charge is 2.14. The van der Waals surface area contributed by atoms with E-state index in [-0.39, 0.29) is 5.82 Å². The van der Waals surface area contributed by atoms with Crippen LogP contribution in [0.5, 0.6) is 0 Å². The first-order valence-electron chi connectivity index (χ1n) is 9.25. The highest BCUT2D eigenvalue weighted by atomic mass is 35.5. The van der Waals surface area contributed by atoms with E-state index in [9.17, 15) is 4.39 Å². The van der Waals surface area contributed by atoms with Gasteiger partial charge in [-0.25, -0.2) is 9.38 Å². The van der Waals surface area contributed by atoms with Crippen molar-refractivity contribution in [2.45, 2.75) is 37.0 Å². The molecule has 0 unspecified atom stereocenters. The van der Waals surface area contributed by atoms with Crippen molar-refractivity contribution in [2.24, 2.45) is 10.9 Å². The van der Waals surface area contributed by atoms with Gasteiger partial charge in [-0.05, 0) is 72.7 Å². The molecule has 0 bridgehead atoms. The topological polar surface area (TPSA) is 12.4 Å². The first-order chi connectivity index (χ1) is 13.2. The van der Waals surface area contributed by atoms with Gasteiger partial charge in [-0.15, -0.1) is 11.8 Å². The van der Waals surface area contributed by atoms with Gasteiger partial charge in [0.1, 0.15) is 5.82 Å². The molecule has 3 rings (SSSR count). The number of rotatable bonds is 6. The molecular weight excluding hydrogens is 397 g/mol. The molecule has 0 spiro atoms. The fourth-order valence-electron chi connectivity index (χ4n) is 3.03. The van der Waals surface area contributed by atoms with Crippen LogP contribution in [-0.2, 0) is 0 Å². The number of nitrogens with zero attached hydrogens (tertiary/aromatic N) is 1. The van der Waals surface area contributed by atoms with Gasteiger partial charge in [0.2, 0.25) is 0 Å². The molecule has 0 heterocycles. The summed E-state index contributed by atoms with van der Waals surface area (Å²) in [7, 11) is 0. The fraction of sp³-hybridized carbons (Fsp3) is 0.318. The van der Waals surface area contributed by atoms with E-state index >= 15 is 0 Å². The lowest BCUT2D eigenvalue weighted by Crippen LogP contribution is -2.09. The molecule has 1 aliphatic rings. The Labute approximate surface area is 174 Å². The zero-order valence-corrected chi connectivity index (χ0v) is 17.5. The Morgan fingerprint density at radius 2 is 1.89 bits per heavy atom. The van der Waals surface area contributed by atoms with Gasteiger partial charge in [0.05, 0.1) is 10.7 Å². The second kappa shape index (κ2) is 10.9. The third-order valence-corrected chi connectivity index (χ3v) is 6.68. The van der Waals surface area contributed by atoms with Crippen LogP contribution in [0.2, 0.25) is 5.02 Å². The Balaban J connectivity index is 1.67. The molecule has 1 aliphatic carbocycles. The Hall–Kier alpha value is -1.23. The van der Waals surface area contributed by atoms with E-state index in [1.54, 1.807) is 23.9 Å². The van der Waals surface area contributed by atoms with Crippen LogP contribution >= 0.6 is 35.1 Å². The molecule has 0 saturated heterocycles. The standard InChI is InChI=1S/C22H23ClFNS2/c23-18-7-4-8-20(15-18)25-22(27-16-17-5-2-1-3-6-17)13-14-26-21-11-9-19(24)10-12-21/h4,7-15,17H,1-3,5-6,16H2/b14-13+,25-22?. The summed E-state index contributed by atoms with van der Waals surface area (Å²) in [6, 6.07) is 14.2. The normalized spacial score (nSPS) is 16.1. The molecule has 0 amide bonds. The summed E-state index contributed by atoms with van der Waals surface area (Å²) in [6.07, 6.45) is 8.77. The molecule has 1 saturated carbocycles. The Morgan fingerprint density at radius 1 is 1.11 bits per heavy atom. The fourth-order valence-corrected chi connectivity index (χ4v) is 5.02. The average molecular weight is 420 g/mol. The molecule has 2 aromatic rings. The minimum atomic E-state index is -0.213. The van der Waals surface area contributed by atoms with E-state index in [0.717, 1.165) is 27.3 Å². The van der Waals surface area contributed by atoms with Gasteiger partial charge in [-0.1, -0.05) is 48.7 Å². The second-order valence-corrected chi connectivity index (χ2v) is 9.08. The van der Waals surface area contributed by atoms with Crippen molar-refractivity contribution < 1.29 is 4.39 Å². The number of halogens is 2. The summed E-state index contributed by atoms with van der Waals surface area (Å²) in [5, 5.41) is 3.69. The third-order valence-electron chi connectivity index (χ3n) is 4.47. The van der Waals surface area contributed by atoms with Crippen molar-refractivity contribution in [3.8, 4) is 0 Å². The van der Waals surface area contributed by atoms with E-state index in [1.807, 2.05) is 47.5 Å². The quantitative estimate of drug-likeness (QED) is 0.266. The maximum Gasteiger partial charge on any atom is 0.123 e. The van der Waals surface area contributed by atoms with Crippen LogP contribution in [0.4, 0.5) is 10.1 Å².